The summed E-state index contributed by atoms with van der Waals surface area (Å²) in [5, 5.41) is 9.27. The predicted molar refractivity (Wildman–Crippen MR) is 47.8 cm³/mol. The second-order valence-corrected chi connectivity index (χ2v) is 4.32. The number of hydrogen-bond acceptors (Lipinski definition) is 3. The minimum Gasteiger partial charge on any atom is -0.387 e. The Kier molecular flexibility index (Phi) is 3.20. The molecule has 0 aliphatic rings. The van der Waals surface area contributed by atoms with Crippen molar-refractivity contribution in [3.05, 3.63) is 35.6 Å². The maximum Gasteiger partial charge on any atom is 0.267 e. The Bertz CT molecular complexity index is 415. The van der Waals surface area contributed by atoms with Crippen molar-refractivity contribution in [1.29, 1.82) is 0 Å². The summed E-state index contributed by atoms with van der Waals surface area (Å²) in [5.74, 6) is -1.41. The number of halogens is 1. The molecular formula is C8H9FO4S. The summed E-state index contributed by atoms with van der Waals surface area (Å²) < 4.78 is 41.9. The number of aliphatic hydroxyl groups is 1. The molecule has 1 unspecified atom stereocenters. The molecule has 0 radical (unpaired) electrons. The van der Waals surface area contributed by atoms with Gasteiger partial charge in [-0.3, -0.25) is 4.55 Å². The van der Waals surface area contributed by atoms with E-state index in [1.165, 1.54) is 18.2 Å². The van der Waals surface area contributed by atoms with E-state index in [-0.39, 0.29) is 5.56 Å². The van der Waals surface area contributed by atoms with Crippen LogP contribution < -0.4 is 0 Å². The van der Waals surface area contributed by atoms with Crippen LogP contribution in [0.5, 0.6) is 0 Å². The van der Waals surface area contributed by atoms with Crippen LogP contribution in [0.15, 0.2) is 24.3 Å². The van der Waals surface area contributed by atoms with Crippen LogP contribution in [0.2, 0.25) is 0 Å². The first-order valence-electron chi connectivity index (χ1n) is 3.77. The zero-order valence-corrected chi connectivity index (χ0v) is 7.91. The van der Waals surface area contributed by atoms with Gasteiger partial charge in [-0.2, -0.15) is 8.42 Å². The first kappa shape index (κ1) is 11.1. The van der Waals surface area contributed by atoms with E-state index in [9.17, 15) is 17.9 Å². The topological polar surface area (TPSA) is 74.6 Å². The number of rotatable bonds is 3. The number of benzene rings is 1. The summed E-state index contributed by atoms with van der Waals surface area (Å²) in [5.41, 5.74) is 0.114. The molecule has 1 atom stereocenters. The van der Waals surface area contributed by atoms with Crippen molar-refractivity contribution in [2.45, 2.75) is 6.10 Å². The van der Waals surface area contributed by atoms with Crippen molar-refractivity contribution in [2.75, 3.05) is 5.75 Å². The van der Waals surface area contributed by atoms with Crippen LogP contribution in [-0.4, -0.2) is 23.8 Å². The van der Waals surface area contributed by atoms with E-state index in [4.69, 9.17) is 4.55 Å². The molecule has 0 saturated heterocycles. The molecule has 6 heteroatoms. The van der Waals surface area contributed by atoms with Gasteiger partial charge in [-0.25, -0.2) is 4.39 Å². The maximum atomic E-state index is 12.6. The van der Waals surface area contributed by atoms with Crippen LogP contribution in [0.25, 0.3) is 0 Å². The van der Waals surface area contributed by atoms with E-state index in [1.54, 1.807) is 0 Å². The van der Waals surface area contributed by atoms with Crippen molar-refractivity contribution < 1.29 is 22.5 Å². The Morgan fingerprint density at radius 1 is 1.43 bits per heavy atom. The van der Waals surface area contributed by atoms with Crippen LogP contribution in [-0.2, 0) is 10.1 Å². The Hall–Kier alpha value is -0.980. The molecule has 1 aromatic rings. The molecular weight excluding hydrogens is 211 g/mol. The summed E-state index contributed by atoms with van der Waals surface area (Å²) in [7, 11) is -4.26. The third-order valence-electron chi connectivity index (χ3n) is 1.60. The van der Waals surface area contributed by atoms with Crippen molar-refractivity contribution >= 4 is 10.1 Å². The minimum atomic E-state index is -4.26. The molecule has 1 rings (SSSR count). The molecule has 0 saturated carbocycles. The molecule has 0 fully saturated rings. The maximum absolute atomic E-state index is 12.6. The average molecular weight is 220 g/mol. The molecule has 78 valence electrons. The highest BCUT2D eigenvalue weighted by Crippen LogP contribution is 2.15. The Morgan fingerprint density at radius 3 is 2.57 bits per heavy atom. The first-order valence-corrected chi connectivity index (χ1v) is 5.38. The molecule has 0 bridgehead atoms. The lowest BCUT2D eigenvalue weighted by atomic mass is 10.1. The van der Waals surface area contributed by atoms with Crippen molar-refractivity contribution in [3.8, 4) is 0 Å². The molecule has 14 heavy (non-hydrogen) atoms. The van der Waals surface area contributed by atoms with Gasteiger partial charge in [0.15, 0.2) is 0 Å². The average Bonchev–Trinajstić information content (AvgIpc) is 2.01. The molecule has 0 spiro atoms. The normalized spacial score (nSPS) is 13.9. The standard InChI is InChI=1S/C8H9FO4S/c9-7-3-1-2-6(4-7)8(10)5-14(11,12)13/h1-4,8,10H,5H2,(H,11,12,13). The van der Waals surface area contributed by atoms with Crippen molar-refractivity contribution in [3.63, 3.8) is 0 Å². The molecule has 4 nitrogen and oxygen atoms in total. The fourth-order valence-electron chi connectivity index (χ4n) is 1.01. The van der Waals surface area contributed by atoms with Gasteiger partial charge in [0.2, 0.25) is 0 Å². The Labute approximate surface area is 80.7 Å². The monoisotopic (exact) mass is 220 g/mol. The van der Waals surface area contributed by atoms with Crippen LogP contribution >= 0.6 is 0 Å². The molecule has 0 aromatic heterocycles. The third-order valence-corrected chi connectivity index (χ3v) is 2.34. The van der Waals surface area contributed by atoms with Gasteiger partial charge in [0.1, 0.15) is 11.6 Å². The third kappa shape index (κ3) is 3.41. The van der Waals surface area contributed by atoms with Gasteiger partial charge in [-0.15, -0.1) is 0 Å². The Morgan fingerprint density at radius 2 is 2.07 bits per heavy atom. The lowest BCUT2D eigenvalue weighted by Crippen LogP contribution is -2.13. The van der Waals surface area contributed by atoms with E-state index < -0.39 is 27.8 Å². The second-order valence-electron chi connectivity index (χ2n) is 2.82. The lowest BCUT2D eigenvalue weighted by molar-refractivity contribution is 0.198. The molecule has 0 heterocycles. The smallest absolute Gasteiger partial charge is 0.267 e. The number of hydrogen-bond donors (Lipinski definition) is 2. The van der Waals surface area contributed by atoms with E-state index in [1.807, 2.05) is 0 Å². The van der Waals surface area contributed by atoms with Crippen LogP contribution in [0.4, 0.5) is 4.39 Å². The van der Waals surface area contributed by atoms with E-state index >= 15 is 0 Å². The summed E-state index contributed by atoms with van der Waals surface area (Å²) in [4.78, 5) is 0. The molecule has 0 aliphatic carbocycles. The zero-order chi connectivity index (χ0) is 10.8. The van der Waals surface area contributed by atoms with Gasteiger partial charge in [0.25, 0.3) is 10.1 Å². The SMILES string of the molecule is O=S(=O)(O)CC(O)c1cccc(F)c1. The fourth-order valence-corrected chi connectivity index (χ4v) is 1.60. The highest BCUT2D eigenvalue weighted by Gasteiger charge is 2.16. The lowest BCUT2D eigenvalue weighted by Gasteiger charge is -2.08. The molecule has 2 N–H and O–H groups in total. The first-order chi connectivity index (χ1) is 6.38. The Balaban J connectivity index is 2.85. The molecule has 0 amide bonds. The van der Waals surface area contributed by atoms with Gasteiger partial charge in [0, 0.05) is 0 Å². The van der Waals surface area contributed by atoms with Crippen LogP contribution in [0.3, 0.4) is 0 Å². The second kappa shape index (κ2) is 4.04. The predicted octanol–water partition coefficient (Wildman–Crippen LogP) is 0.747. The van der Waals surface area contributed by atoms with Crippen LogP contribution in [0, 0.1) is 5.82 Å². The highest BCUT2D eigenvalue weighted by molar-refractivity contribution is 7.85. The van der Waals surface area contributed by atoms with Gasteiger partial charge >= 0.3 is 0 Å². The molecule has 0 aliphatic heterocycles. The summed E-state index contributed by atoms with van der Waals surface area (Å²) in [6.45, 7) is 0. The summed E-state index contributed by atoms with van der Waals surface area (Å²) in [6.07, 6.45) is -1.42. The van der Waals surface area contributed by atoms with Gasteiger partial charge in [-0.05, 0) is 17.7 Å². The highest BCUT2D eigenvalue weighted by atomic mass is 32.2. The van der Waals surface area contributed by atoms with Gasteiger partial charge in [0.05, 0.1) is 6.10 Å². The largest absolute Gasteiger partial charge is 0.387 e. The van der Waals surface area contributed by atoms with E-state index in [0.29, 0.717) is 0 Å². The quantitative estimate of drug-likeness (QED) is 0.737. The summed E-state index contributed by atoms with van der Waals surface area (Å²) in [6, 6.07) is 4.90. The van der Waals surface area contributed by atoms with Crippen molar-refractivity contribution in [2.24, 2.45) is 0 Å². The van der Waals surface area contributed by atoms with E-state index in [0.717, 1.165) is 6.07 Å². The van der Waals surface area contributed by atoms with E-state index in [2.05, 4.69) is 0 Å². The minimum absolute atomic E-state index is 0.114. The number of aliphatic hydroxyl groups excluding tert-OH is 1. The molecule has 1 aromatic carbocycles. The fraction of sp³-hybridized carbons (Fsp3) is 0.250. The van der Waals surface area contributed by atoms with Gasteiger partial charge < -0.3 is 5.11 Å². The van der Waals surface area contributed by atoms with Crippen LogP contribution in [0.1, 0.15) is 11.7 Å². The zero-order valence-electron chi connectivity index (χ0n) is 7.09. The van der Waals surface area contributed by atoms with Crippen molar-refractivity contribution in [1.82, 2.24) is 0 Å². The van der Waals surface area contributed by atoms with Gasteiger partial charge in [-0.1, -0.05) is 12.1 Å². The summed E-state index contributed by atoms with van der Waals surface area (Å²) >= 11 is 0.